The van der Waals surface area contributed by atoms with E-state index in [2.05, 4.69) is 13.2 Å². The Hall–Kier alpha value is -2.19. The number of aliphatic hydroxyl groups excluding tert-OH is 1. The summed E-state index contributed by atoms with van der Waals surface area (Å²) in [7, 11) is 0. The van der Waals surface area contributed by atoms with Crippen LogP contribution in [-0.2, 0) is 23.9 Å². The molecule has 8 heteroatoms. The molecule has 202 valence electrons. The van der Waals surface area contributed by atoms with E-state index in [4.69, 9.17) is 9.47 Å². The number of likely N-dealkylation sites (tertiary alicyclic amines) is 1. The fourth-order valence-electron chi connectivity index (χ4n) is 6.69. The largest absolute Gasteiger partial charge is 0.465 e. The average Bonchev–Trinajstić information content (AvgIpc) is 3.44. The number of amides is 2. The third kappa shape index (κ3) is 4.51. The van der Waals surface area contributed by atoms with Crippen molar-refractivity contribution < 1.29 is 29.0 Å². The second-order valence-electron chi connectivity index (χ2n) is 11.2. The lowest BCUT2D eigenvalue weighted by molar-refractivity contribution is -0.164. The third-order valence-electron chi connectivity index (χ3n) is 8.25. The van der Waals surface area contributed by atoms with Gasteiger partial charge in [-0.05, 0) is 51.9 Å². The van der Waals surface area contributed by atoms with E-state index in [0.29, 0.717) is 38.6 Å². The number of ether oxygens (including phenoxy) is 2. The molecule has 8 nitrogen and oxygen atoms in total. The van der Waals surface area contributed by atoms with E-state index in [1.165, 1.54) is 0 Å². The number of nitrogens with zero attached hydrogens (tertiary/aromatic N) is 2. The summed E-state index contributed by atoms with van der Waals surface area (Å²) in [6.45, 7) is 17.6. The molecule has 3 saturated heterocycles. The zero-order valence-electron chi connectivity index (χ0n) is 22.6. The van der Waals surface area contributed by atoms with Gasteiger partial charge in [0, 0.05) is 12.6 Å². The van der Waals surface area contributed by atoms with Crippen LogP contribution in [0.4, 0.5) is 0 Å². The van der Waals surface area contributed by atoms with Crippen molar-refractivity contribution in [1.82, 2.24) is 9.80 Å². The van der Waals surface area contributed by atoms with Crippen LogP contribution in [0, 0.1) is 17.8 Å². The minimum absolute atomic E-state index is 0.126. The molecule has 3 aliphatic rings. The summed E-state index contributed by atoms with van der Waals surface area (Å²) in [4.78, 5) is 45.2. The Labute approximate surface area is 215 Å². The predicted octanol–water partition coefficient (Wildman–Crippen LogP) is 3.09. The highest BCUT2D eigenvalue weighted by atomic mass is 16.6. The van der Waals surface area contributed by atoms with Crippen molar-refractivity contribution in [3.05, 3.63) is 25.3 Å². The topological polar surface area (TPSA) is 96.4 Å². The van der Waals surface area contributed by atoms with Crippen LogP contribution in [0.1, 0.15) is 66.7 Å². The molecule has 0 aromatic carbocycles. The van der Waals surface area contributed by atoms with Crippen LogP contribution in [0.15, 0.2) is 25.3 Å². The maximum absolute atomic E-state index is 14.2. The summed E-state index contributed by atoms with van der Waals surface area (Å²) in [6.07, 6.45) is 6.01. The maximum atomic E-state index is 14.2. The predicted molar refractivity (Wildman–Crippen MR) is 137 cm³/mol. The second kappa shape index (κ2) is 11.1. The maximum Gasteiger partial charge on any atom is 0.312 e. The molecule has 0 saturated carbocycles. The van der Waals surface area contributed by atoms with Crippen LogP contribution in [0.5, 0.6) is 0 Å². The van der Waals surface area contributed by atoms with Crippen LogP contribution < -0.4 is 0 Å². The molecule has 3 fully saturated rings. The van der Waals surface area contributed by atoms with E-state index < -0.39 is 41.1 Å². The van der Waals surface area contributed by atoms with E-state index in [9.17, 15) is 19.5 Å². The van der Waals surface area contributed by atoms with Crippen molar-refractivity contribution >= 4 is 17.8 Å². The highest BCUT2D eigenvalue weighted by molar-refractivity contribution is 5.98. The first-order chi connectivity index (χ1) is 17.0. The van der Waals surface area contributed by atoms with Gasteiger partial charge in [-0.3, -0.25) is 14.4 Å². The smallest absolute Gasteiger partial charge is 0.312 e. The summed E-state index contributed by atoms with van der Waals surface area (Å²) in [6, 6.07) is -1.60. The number of carbonyl (C=O) groups is 3. The van der Waals surface area contributed by atoms with Gasteiger partial charge in [0.25, 0.3) is 0 Å². The van der Waals surface area contributed by atoms with Crippen LogP contribution in [0.2, 0.25) is 0 Å². The van der Waals surface area contributed by atoms with Crippen molar-refractivity contribution in [2.75, 3.05) is 19.8 Å². The summed E-state index contributed by atoms with van der Waals surface area (Å²) < 4.78 is 12.4. The van der Waals surface area contributed by atoms with Gasteiger partial charge in [-0.1, -0.05) is 32.9 Å². The third-order valence-corrected chi connectivity index (χ3v) is 8.25. The van der Waals surface area contributed by atoms with Gasteiger partial charge < -0.3 is 24.4 Å². The van der Waals surface area contributed by atoms with Gasteiger partial charge in [0.1, 0.15) is 17.6 Å². The summed E-state index contributed by atoms with van der Waals surface area (Å²) in [5.41, 5.74) is -1.98. The van der Waals surface area contributed by atoms with Crippen molar-refractivity contribution in [2.45, 2.75) is 96.1 Å². The lowest BCUT2D eigenvalue weighted by atomic mass is 9.65. The first-order valence-corrected chi connectivity index (χ1v) is 13.4. The molecule has 0 aromatic rings. The van der Waals surface area contributed by atoms with Crippen molar-refractivity contribution in [1.29, 1.82) is 0 Å². The molecular formula is C28H44N2O6. The highest BCUT2D eigenvalue weighted by Gasteiger charge is 2.79. The summed E-state index contributed by atoms with van der Waals surface area (Å²) in [5, 5.41) is 10.4. The number of fused-ring (bicyclic) bond motifs is 1. The Kier molecular flexibility index (Phi) is 8.71. The summed E-state index contributed by atoms with van der Waals surface area (Å²) >= 11 is 0. The SMILES string of the molecule is C=CCCOC(=O)[C@H]1[C@H]2C(=O)N([C@@H](CO)CC(C)C)C(C(=O)N(CC=C)C(C)C)C23CC[C@]1(CC)O3. The van der Waals surface area contributed by atoms with Gasteiger partial charge in [0.05, 0.1) is 30.8 Å². The molecule has 6 atom stereocenters. The zero-order valence-corrected chi connectivity index (χ0v) is 22.6. The van der Waals surface area contributed by atoms with E-state index in [0.717, 1.165) is 0 Å². The highest BCUT2D eigenvalue weighted by Crippen LogP contribution is 2.65. The first-order valence-electron chi connectivity index (χ1n) is 13.4. The van der Waals surface area contributed by atoms with Gasteiger partial charge in [-0.25, -0.2) is 0 Å². The average molecular weight is 505 g/mol. The Bertz CT molecular complexity index is 872. The number of aliphatic hydroxyl groups is 1. The normalized spacial score (nSPS) is 31.6. The molecule has 3 heterocycles. The first kappa shape index (κ1) is 28.4. The van der Waals surface area contributed by atoms with Gasteiger partial charge in [0.15, 0.2) is 0 Å². The standard InChI is InChI=1S/C28H44N2O6/c1-8-11-15-35-26(34)22-21-24(32)30(20(17-31)16-18(4)5)23(25(33)29(14-9-2)19(6)7)28(21)13-12-27(22,10-3)36-28/h8-9,18-23,31H,1-2,10-17H2,3-7H3/t20-,21+,22-,23?,27+,28?/m1/s1. The molecule has 2 bridgehead atoms. The Balaban J connectivity index is 2.13. The molecule has 2 unspecified atom stereocenters. The molecule has 1 N–H and O–H groups in total. The van der Waals surface area contributed by atoms with E-state index in [1.54, 1.807) is 22.0 Å². The fraction of sp³-hybridized carbons (Fsp3) is 0.750. The van der Waals surface area contributed by atoms with Gasteiger partial charge >= 0.3 is 5.97 Å². The minimum atomic E-state index is -1.13. The Morgan fingerprint density at radius 2 is 1.94 bits per heavy atom. The van der Waals surface area contributed by atoms with E-state index in [-0.39, 0.29) is 37.0 Å². The Morgan fingerprint density at radius 1 is 1.25 bits per heavy atom. The molecule has 2 amide bonds. The Morgan fingerprint density at radius 3 is 2.47 bits per heavy atom. The molecule has 36 heavy (non-hydrogen) atoms. The van der Waals surface area contributed by atoms with E-state index in [1.807, 2.05) is 34.6 Å². The van der Waals surface area contributed by atoms with Gasteiger partial charge in [-0.2, -0.15) is 0 Å². The van der Waals surface area contributed by atoms with Gasteiger partial charge in [-0.15, -0.1) is 13.2 Å². The molecule has 0 aromatic heterocycles. The molecule has 0 radical (unpaired) electrons. The van der Waals surface area contributed by atoms with Gasteiger partial charge in [0.2, 0.25) is 11.8 Å². The number of carbonyl (C=O) groups excluding carboxylic acids is 3. The van der Waals surface area contributed by atoms with Crippen molar-refractivity contribution in [3.8, 4) is 0 Å². The number of rotatable bonds is 13. The quantitative estimate of drug-likeness (QED) is 0.235. The number of hydrogen-bond donors (Lipinski definition) is 1. The van der Waals surface area contributed by atoms with Crippen LogP contribution >= 0.6 is 0 Å². The van der Waals surface area contributed by atoms with Crippen molar-refractivity contribution in [3.63, 3.8) is 0 Å². The number of esters is 1. The fourth-order valence-corrected chi connectivity index (χ4v) is 6.69. The lowest BCUT2D eigenvalue weighted by Gasteiger charge is -2.41. The van der Waals surface area contributed by atoms with Crippen LogP contribution in [0.3, 0.4) is 0 Å². The molecule has 3 aliphatic heterocycles. The summed E-state index contributed by atoms with van der Waals surface area (Å²) in [5.74, 6) is -2.40. The monoisotopic (exact) mass is 504 g/mol. The zero-order chi connectivity index (χ0) is 26.8. The second-order valence-corrected chi connectivity index (χ2v) is 11.2. The lowest BCUT2D eigenvalue weighted by Crippen LogP contribution is -2.60. The molecular weight excluding hydrogens is 460 g/mol. The minimum Gasteiger partial charge on any atom is -0.465 e. The molecule has 1 spiro atoms. The van der Waals surface area contributed by atoms with Crippen molar-refractivity contribution in [2.24, 2.45) is 17.8 Å². The van der Waals surface area contributed by atoms with E-state index >= 15 is 0 Å². The number of hydrogen-bond acceptors (Lipinski definition) is 6. The molecule has 3 rings (SSSR count). The van der Waals surface area contributed by atoms with Crippen LogP contribution in [0.25, 0.3) is 0 Å². The molecule has 0 aliphatic carbocycles. The van der Waals surface area contributed by atoms with Crippen LogP contribution in [-0.4, -0.2) is 81.8 Å².